The maximum absolute atomic E-state index is 13.7. The zero-order valence-electron chi connectivity index (χ0n) is 10.4. The molecule has 1 aliphatic rings. The number of carbonyl (C=O) groups is 1. The van der Waals surface area contributed by atoms with Gasteiger partial charge in [0, 0.05) is 19.2 Å². The Bertz CT molecular complexity index is 501. The van der Waals surface area contributed by atoms with Crippen molar-refractivity contribution < 1.29 is 22.7 Å². The van der Waals surface area contributed by atoms with Crippen molar-refractivity contribution in [1.29, 1.82) is 0 Å². The number of amides is 1. The number of rotatable bonds is 5. The molecule has 0 atom stereocenters. The SMILES string of the molecule is COCCNC(=O)C1(c2ccc(F)c(F)c2F)CC1. The zero-order chi connectivity index (χ0) is 14.0. The molecule has 1 aromatic rings. The van der Waals surface area contributed by atoms with E-state index in [-0.39, 0.29) is 11.5 Å². The fourth-order valence-electron chi connectivity index (χ4n) is 2.08. The fourth-order valence-corrected chi connectivity index (χ4v) is 2.08. The van der Waals surface area contributed by atoms with Crippen LogP contribution < -0.4 is 5.32 Å². The average molecular weight is 273 g/mol. The summed E-state index contributed by atoms with van der Waals surface area (Å²) in [5.74, 6) is -4.45. The van der Waals surface area contributed by atoms with E-state index < -0.39 is 22.9 Å². The van der Waals surface area contributed by atoms with Gasteiger partial charge in [0.05, 0.1) is 12.0 Å². The minimum atomic E-state index is -1.53. The maximum Gasteiger partial charge on any atom is 0.230 e. The summed E-state index contributed by atoms with van der Waals surface area (Å²) in [6.07, 6.45) is 0.849. The van der Waals surface area contributed by atoms with Gasteiger partial charge in [0.15, 0.2) is 17.5 Å². The fraction of sp³-hybridized carbons (Fsp3) is 0.462. The van der Waals surface area contributed by atoms with Crippen LogP contribution in [0, 0.1) is 17.5 Å². The Morgan fingerprint density at radius 1 is 1.32 bits per heavy atom. The molecule has 1 aromatic carbocycles. The first kappa shape index (κ1) is 13.9. The predicted molar refractivity (Wildman–Crippen MR) is 62.1 cm³/mol. The Kier molecular flexibility index (Phi) is 3.80. The molecule has 0 spiro atoms. The summed E-state index contributed by atoms with van der Waals surface area (Å²) >= 11 is 0. The van der Waals surface area contributed by atoms with E-state index in [1.54, 1.807) is 0 Å². The van der Waals surface area contributed by atoms with Gasteiger partial charge in [0.25, 0.3) is 0 Å². The molecule has 0 aliphatic heterocycles. The average Bonchev–Trinajstić information content (AvgIpc) is 3.18. The summed E-state index contributed by atoms with van der Waals surface area (Å²) in [5, 5.41) is 2.60. The lowest BCUT2D eigenvalue weighted by Crippen LogP contribution is -2.37. The molecule has 1 aliphatic carbocycles. The second-order valence-electron chi connectivity index (χ2n) is 4.55. The lowest BCUT2D eigenvalue weighted by molar-refractivity contribution is -0.123. The van der Waals surface area contributed by atoms with Crippen molar-refractivity contribution in [3.05, 3.63) is 35.1 Å². The van der Waals surface area contributed by atoms with Crippen molar-refractivity contribution in [1.82, 2.24) is 5.32 Å². The summed E-state index contributed by atoms with van der Waals surface area (Å²) in [6.45, 7) is 0.629. The van der Waals surface area contributed by atoms with Crippen molar-refractivity contribution in [3.8, 4) is 0 Å². The standard InChI is InChI=1S/C13H14F3NO2/c1-19-7-6-17-12(18)13(4-5-13)8-2-3-9(14)11(16)10(8)15/h2-3H,4-7H2,1H3,(H,17,18). The van der Waals surface area contributed by atoms with Crippen LogP contribution in [0.15, 0.2) is 12.1 Å². The Hall–Kier alpha value is -1.56. The Balaban J connectivity index is 2.21. The quantitative estimate of drug-likeness (QED) is 0.657. The highest BCUT2D eigenvalue weighted by Gasteiger charge is 2.53. The van der Waals surface area contributed by atoms with Gasteiger partial charge in [-0.05, 0) is 18.9 Å². The second-order valence-corrected chi connectivity index (χ2v) is 4.55. The van der Waals surface area contributed by atoms with Gasteiger partial charge >= 0.3 is 0 Å². The molecule has 1 fully saturated rings. The van der Waals surface area contributed by atoms with E-state index in [0.717, 1.165) is 12.1 Å². The van der Waals surface area contributed by atoms with Crippen LogP contribution in [0.1, 0.15) is 18.4 Å². The number of halogens is 3. The monoisotopic (exact) mass is 273 g/mol. The third kappa shape index (κ3) is 2.45. The maximum atomic E-state index is 13.7. The smallest absolute Gasteiger partial charge is 0.230 e. The van der Waals surface area contributed by atoms with Gasteiger partial charge in [0.1, 0.15) is 0 Å². The van der Waals surface area contributed by atoms with E-state index in [4.69, 9.17) is 4.74 Å². The summed E-state index contributed by atoms with van der Waals surface area (Å²) in [6, 6.07) is 1.98. The molecule has 1 amide bonds. The first-order chi connectivity index (χ1) is 9.03. The molecule has 19 heavy (non-hydrogen) atoms. The van der Waals surface area contributed by atoms with Crippen molar-refractivity contribution in [2.45, 2.75) is 18.3 Å². The van der Waals surface area contributed by atoms with Crippen LogP contribution in [0.5, 0.6) is 0 Å². The van der Waals surface area contributed by atoms with Gasteiger partial charge in [0.2, 0.25) is 5.91 Å². The van der Waals surface area contributed by atoms with Crippen molar-refractivity contribution in [2.75, 3.05) is 20.3 Å². The number of carbonyl (C=O) groups excluding carboxylic acids is 1. The number of hydrogen-bond donors (Lipinski definition) is 1. The molecule has 0 unspecified atom stereocenters. The van der Waals surface area contributed by atoms with E-state index in [1.807, 2.05) is 0 Å². The lowest BCUT2D eigenvalue weighted by Gasteiger charge is -2.16. The highest BCUT2D eigenvalue weighted by atomic mass is 19.2. The normalized spacial score (nSPS) is 16.2. The molecule has 0 radical (unpaired) electrons. The molecular formula is C13H14F3NO2. The van der Waals surface area contributed by atoms with E-state index in [2.05, 4.69) is 5.32 Å². The van der Waals surface area contributed by atoms with Crippen molar-refractivity contribution in [2.24, 2.45) is 0 Å². The number of benzene rings is 1. The van der Waals surface area contributed by atoms with E-state index in [0.29, 0.717) is 26.0 Å². The Labute approximate surface area is 108 Å². The molecule has 0 heterocycles. The molecule has 0 bridgehead atoms. The highest BCUT2D eigenvalue weighted by molar-refractivity contribution is 5.91. The summed E-state index contributed by atoms with van der Waals surface area (Å²) in [5.41, 5.74) is -1.15. The lowest BCUT2D eigenvalue weighted by atomic mass is 9.94. The second kappa shape index (κ2) is 5.21. The molecule has 0 aromatic heterocycles. The number of hydrogen-bond acceptors (Lipinski definition) is 2. The molecule has 1 N–H and O–H groups in total. The number of ether oxygens (including phenoxy) is 1. The third-order valence-corrected chi connectivity index (χ3v) is 3.33. The summed E-state index contributed by atoms with van der Waals surface area (Å²) in [7, 11) is 1.49. The van der Waals surface area contributed by atoms with Crippen LogP contribution >= 0.6 is 0 Å². The number of methoxy groups -OCH3 is 1. The molecule has 3 nitrogen and oxygen atoms in total. The highest BCUT2D eigenvalue weighted by Crippen LogP contribution is 2.49. The molecular weight excluding hydrogens is 259 g/mol. The first-order valence-corrected chi connectivity index (χ1v) is 5.94. The van der Waals surface area contributed by atoms with Gasteiger partial charge in [-0.2, -0.15) is 0 Å². The van der Waals surface area contributed by atoms with Crippen molar-refractivity contribution in [3.63, 3.8) is 0 Å². The van der Waals surface area contributed by atoms with Gasteiger partial charge < -0.3 is 10.1 Å². The van der Waals surface area contributed by atoms with Crippen LogP contribution in [-0.2, 0) is 14.9 Å². The Morgan fingerprint density at radius 2 is 2.00 bits per heavy atom. The summed E-state index contributed by atoms with van der Waals surface area (Å²) in [4.78, 5) is 12.0. The van der Waals surface area contributed by atoms with Gasteiger partial charge in [-0.25, -0.2) is 13.2 Å². The molecule has 1 saturated carbocycles. The van der Waals surface area contributed by atoms with Crippen LogP contribution in [-0.4, -0.2) is 26.2 Å². The van der Waals surface area contributed by atoms with Gasteiger partial charge in [-0.15, -0.1) is 0 Å². The Morgan fingerprint density at radius 3 is 2.58 bits per heavy atom. The topological polar surface area (TPSA) is 38.3 Å². The van der Waals surface area contributed by atoms with E-state index in [9.17, 15) is 18.0 Å². The molecule has 104 valence electrons. The largest absolute Gasteiger partial charge is 0.383 e. The number of nitrogens with one attached hydrogen (secondary N) is 1. The van der Waals surface area contributed by atoms with Crippen LogP contribution in [0.25, 0.3) is 0 Å². The third-order valence-electron chi connectivity index (χ3n) is 3.33. The predicted octanol–water partition coefficient (Wildman–Crippen LogP) is 1.90. The van der Waals surface area contributed by atoms with Gasteiger partial charge in [-0.3, -0.25) is 4.79 Å². The first-order valence-electron chi connectivity index (χ1n) is 5.94. The van der Waals surface area contributed by atoms with Crippen molar-refractivity contribution >= 4 is 5.91 Å². The minimum absolute atomic E-state index is 0.0821. The van der Waals surface area contributed by atoms with E-state index >= 15 is 0 Å². The zero-order valence-corrected chi connectivity index (χ0v) is 10.4. The molecule has 0 saturated heterocycles. The minimum Gasteiger partial charge on any atom is -0.383 e. The van der Waals surface area contributed by atoms with Crippen LogP contribution in [0.3, 0.4) is 0 Å². The molecule has 6 heteroatoms. The van der Waals surface area contributed by atoms with Crippen LogP contribution in [0.2, 0.25) is 0 Å². The van der Waals surface area contributed by atoms with Crippen LogP contribution in [0.4, 0.5) is 13.2 Å². The molecule has 2 rings (SSSR count). The summed E-state index contributed by atoms with van der Waals surface area (Å²) < 4.78 is 44.6. The van der Waals surface area contributed by atoms with E-state index in [1.165, 1.54) is 7.11 Å². The van der Waals surface area contributed by atoms with Gasteiger partial charge in [-0.1, -0.05) is 6.07 Å².